The first-order valence-corrected chi connectivity index (χ1v) is 10.7. The van der Waals surface area contributed by atoms with Gasteiger partial charge in [0, 0.05) is 48.1 Å². The zero-order chi connectivity index (χ0) is 22.1. The number of carbonyl (C=O) groups is 1. The van der Waals surface area contributed by atoms with E-state index in [1.54, 1.807) is 29.4 Å². The molecule has 1 aliphatic rings. The molecular formula is C22H28F2N4OS. The highest BCUT2D eigenvalue weighted by Crippen LogP contribution is 2.32. The van der Waals surface area contributed by atoms with Crippen LogP contribution in [0.4, 0.5) is 14.5 Å². The van der Waals surface area contributed by atoms with Crippen molar-refractivity contribution in [2.75, 3.05) is 31.2 Å². The molecule has 4 N–H and O–H groups in total. The van der Waals surface area contributed by atoms with Crippen LogP contribution in [-0.4, -0.2) is 49.0 Å². The Morgan fingerprint density at radius 2 is 2.00 bits per heavy atom. The van der Waals surface area contributed by atoms with Crippen LogP contribution in [0.15, 0.2) is 36.4 Å². The number of amides is 1. The van der Waals surface area contributed by atoms with Crippen molar-refractivity contribution < 1.29 is 13.6 Å². The number of rotatable bonds is 5. The van der Waals surface area contributed by atoms with E-state index >= 15 is 0 Å². The zero-order valence-electron chi connectivity index (χ0n) is 17.0. The second kappa shape index (κ2) is 11.7. The van der Waals surface area contributed by atoms with Crippen molar-refractivity contribution in [2.24, 2.45) is 5.73 Å². The number of halogens is 2. The molecule has 1 fully saturated rings. The molecule has 0 aliphatic carbocycles. The maximum absolute atomic E-state index is 14.3. The molecule has 0 bridgehead atoms. The van der Waals surface area contributed by atoms with Crippen LogP contribution in [-0.2, 0) is 4.79 Å². The van der Waals surface area contributed by atoms with Crippen molar-refractivity contribution in [3.05, 3.63) is 53.6 Å². The van der Waals surface area contributed by atoms with Gasteiger partial charge in [0.1, 0.15) is 11.6 Å². The van der Waals surface area contributed by atoms with Crippen molar-refractivity contribution in [1.29, 1.82) is 5.41 Å². The number of nitrogens with two attached hydrogens (primary N) is 1. The summed E-state index contributed by atoms with van der Waals surface area (Å²) >= 11 is 3.53. The van der Waals surface area contributed by atoms with Crippen LogP contribution >= 0.6 is 12.6 Å². The van der Waals surface area contributed by atoms with E-state index in [4.69, 9.17) is 11.1 Å². The number of hydrogen-bond acceptors (Lipinski definition) is 5. The Balaban J connectivity index is 0.00000155. The Morgan fingerprint density at radius 1 is 1.23 bits per heavy atom. The fourth-order valence-corrected chi connectivity index (χ4v) is 3.47. The first-order valence-electron chi connectivity index (χ1n) is 9.80. The topological polar surface area (TPSA) is 82.2 Å². The summed E-state index contributed by atoms with van der Waals surface area (Å²) in [5.41, 5.74) is 7.65. The second-order valence-corrected chi connectivity index (χ2v) is 6.96. The highest BCUT2D eigenvalue weighted by molar-refractivity contribution is 7.79. The van der Waals surface area contributed by atoms with Gasteiger partial charge < -0.3 is 21.4 Å². The molecule has 0 radical (unpaired) electrons. The maximum Gasteiger partial charge on any atom is 0.241 e. The van der Waals surface area contributed by atoms with Crippen LogP contribution < -0.4 is 11.1 Å². The summed E-state index contributed by atoms with van der Waals surface area (Å²) in [6.45, 7) is 1.31. The second-order valence-electron chi connectivity index (χ2n) is 6.96. The lowest BCUT2D eigenvalue weighted by Gasteiger charge is -2.22. The van der Waals surface area contributed by atoms with Crippen molar-refractivity contribution in [2.45, 2.75) is 25.3 Å². The minimum atomic E-state index is -0.696. The number of hydrogen-bond donors (Lipinski definition) is 4. The predicted molar refractivity (Wildman–Crippen MR) is 121 cm³/mol. The van der Waals surface area contributed by atoms with Crippen LogP contribution in [0.1, 0.15) is 24.8 Å². The van der Waals surface area contributed by atoms with E-state index in [1.165, 1.54) is 12.1 Å². The monoisotopic (exact) mass is 434 g/mol. The van der Waals surface area contributed by atoms with Crippen LogP contribution in [0.5, 0.6) is 0 Å². The van der Waals surface area contributed by atoms with Gasteiger partial charge in [-0.25, -0.2) is 8.78 Å². The molecule has 2 aromatic rings. The normalized spacial score (nSPS) is 16.2. The molecule has 8 heteroatoms. The third-order valence-electron chi connectivity index (χ3n) is 5.02. The SMILES string of the molecule is CS.N=Cc1cccc(-c2ccc(F)cc2F)c1NCC(=O)N1CCC[C@H](N)CC1. The van der Waals surface area contributed by atoms with E-state index in [0.29, 0.717) is 29.9 Å². The van der Waals surface area contributed by atoms with Crippen LogP contribution in [0, 0.1) is 17.0 Å². The van der Waals surface area contributed by atoms with Crippen LogP contribution in [0.3, 0.4) is 0 Å². The Hall–Kier alpha value is -2.45. The third-order valence-corrected chi connectivity index (χ3v) is 5.02. The van der Waals surface area contributed by atoms with Gasteiger partial charge in [-0.15, -0.1) is 0 Å². The van der Waals surface area contributed by atoms with Gasteiger partial charge in [-0.3, -0.25) is 4.79 Å². The van der Waals surface area contributed by atoms with E-state index in [-0.39, 0.29) is 24.1 Å². The molecule has 162 valence electrons. The molecule has 0 unspecified atom stereocenters. The summed E-state index contributed by atoms with van der Waals surface area (Å²) in [5, 5.41) is 10.7. The summed E-state index contributed by atoms with van der Waals surface area (Å²) in [4.78, 5) is 14.4. The van der Waals surface area contributed by atoms with E-state index in [9.17, 15) is 13.6 Å². The van der Waals surface area contributed by atoms with Gasteiger partial charge in [-0.1, -0.05) is 18.2 Å². The molecule has 1 atom stereocenters. The van der Waals surface area contributed by atoms with Crippen LogP contribution in [0.2, 0.25) is 0 Å². The van der Waals surface area contributed by atoms with Crippen molar-refractivity contribution in [1.82, 2.24) is 4.90 Å². The van der Waals surface area contributed by atoms with Gasteiger partial charge in [-0.05, 0) is 37.7 Å². The molecule has 1 heterocycles. The fraction of sp³-hybridized carbons (Fsp3) is 0.364. The standard InChI is InChI=1S/C21H24F2N4O.CH4S/c22-15-6-7-17(19(23)11-15)18-5-1-3-14(12-24)21(18)26-13-20(28)27-9-2-4-16(25)8-10-27;1-2/h1,3,5-7,11-12,16,24,26H,2,4,8-10,13,25H2;2H,1H3/t16-;/m0./s1. The lowest BCUT2D eigenvalue weighted by molar-refractivity contribution is -0.129. The van der Waals surface area contributed by atoms with Gasteiger partial charge in [0.25, 0.3) is 0 Å². The zero-order valence-corrected chi connectivity index (χ0v) is 17.9. The number of carbonyl (C=O) groups excluding carboxylic acids is 1. The van der Waals surface area contributed by atoms with Crippen molar-refractivity contribution in [3.63, 3.8) is 0 Å². The average Bonchev–Trinajstić information content (AvgIpc) is 2.98. The molecule has 5 nitrogen and oxygen atoms in total. The van der Waals surface area contributed by atoms with Gasteiger partial charge in [0.05, 0.1) is 12.2 Å². The molecule has 0 spiro atoms. The highest BCUT2D eigenvalue weighted by atomic mass is 32.1. The number of anilines is 1. The number of benzene rings is 2. The van der Waals surface area contributed by atoms with E-state index in [0.717, 1.165) is 31.5 Å². The molecule has 1 amide bonds. The predicted octanol–water partition coefficient (Wildman–Crippen LogP) is 3.93. The number of nitrogens with one attached hydrogen (secondary N) is 2. The van der Waals surface area contributed by atoms with Gasteiger partial charge in [0.15, 0.2) is 0 Å². The minimum absolute atomic E-state index is 0.0237. The number of para-hydroxylation sites is 1. The summed E-state index contributed by atoms with van der Waals surface area (Å²) in [7, 11) is 0. The van der Waals surface area contributed by atoms with E-state index in [1.807, 2.05) is 0 Å². The lowest BCUT2D eigenvalue weighted by atomic mass is 9.99. The molecule has 30 heavy (non-hydrogen) atoms. The number of nitrogens with zero attached hydrogens (tertiary/aromatic N) is 1. The Labute approximate surface area is 181 Å². The quantitative estimate of drug-likeness (QED) is 0.425. The Kier molecular flexibility index (Phi) is 9.26. The number of likely N-dealkylation sites (tertiary alicyclic amines) is 1. The third kappa shape index (κ3) is 6.03. The first-order chi connectivity index (χ1) is 14.5. The number of thiol groups is 1. The van der Waals surface area contributed by atoms with Gasteiger partial charge in [-0.2, -0.15) is 12.6 Å². The maximum atomic E-state index is 14.3. The smallest absolute Gasteiger partial charge is 0.241 e. The largest absolute Gasteiger partial charge is 0.375 e. The Morgan fingerprint density at radius 3 is 2.70 bits per heavy atom. The first kappa shape index (κ1) is 23.8. The molecule has 1 saturated heterocycles. The fourth-order valence-electron chi connectivity index (χ4n) is 3.47. The average molecular weight is 435 g/mol. The molecular weight excluding hydrogens is 406 g/mol. The highest BCUT2D eigenvalue weighted by Gasteiger charge is 2.20. The molecule has 3 rings (SSSR count). The van der Waals surface area contributed by atoms with E-state index in [2.05, 4.69) is 17.9 Å². The molecule has 0 aromatic heterocycles. The minimum Gasteiger partial charge on any atom is -0.375 e. The lowest BCUT2D eigenvalue weighted by Crippen LogP contribution is -2.37. The summed E-state index contributed by atoms with van der Waals surface area (Å²) in [6.07, 6.45) is 5.38. The Bertz CT molecular complexity index is 878. The summed E-state index contributed by atoms with van der Waals surface area (Å²) in [6, 6.07) is 8.57. The van der Waals surface area contributed by atoms with Crippen molar-refractivity contribution in [3.8, 4) is 11.1 Å². The summed E-state index contributed by atoms with van der Waals surface area (Å²) < 4.78 is 27.6. The summed E-state index contributed by atoms with van der Waals surface area (Å²) in [5.74, 6) is -1.43. The molecule has 1 aliphatic heterocycles. The molecule has 2 aromatic carbocycles. The molecule has 0 saturated carbocycles. The van der Waals surface area contributed by atoms with Gasteiger partial charge >= 0.3 is 0 Å². The van der Waals surface area contributed by atoms with Gasteiger partial charge in [0.2, 0.25) is 5.91 Å². The van der Waals surface area contributed by atoms with Crippen molar-refractivity contribution >= 4 is 30.4 Å². The van der Waals surface area contributed by atoms with E-state index < -0.39 is 11.6 Å². The van der Waals surface area contributed by atoms with Crippen LogP contribution in [0.25, 0.3) is 11.1 Å².